The molecule has 0 atom stereocenters. The summed E-state index contributed by atoms with van der Waals surface area (Å²) in [6, 6.07) is 4.28. The van der Waals surface area contributed by atoms with Gasteiger partial charge in [-0.15, -0.1) is 0 Å². The number of nitrogens with zero attached hydrogens (tertiary/aromatic N) is 1. The molecule has 1 aromatic carbocycles. The highest BCUT2D eigenvalue weighted by Crippen LogP contribution is 2.24. The zero-order chi connectivity index (χ0) is 16.0. The van der Waals surface area contributed by atoms with Crippen molar-refractivity contribution in [2.75, 3.05) is 20.2 Å². The summed E-state index contributed by atoms with van der Waals surface area (Å²) in [4.78, 5) is 13.6. The van der Waals surface area contributed by atoms with E-state index in [9.17, 15) is 13.2 Å². The first-order chi connectivity index (χ1) is 9.81. The second-order valence-electron chi connectivity index (χ2n) is 4.72. The first kappa shape index (κ1) is 17.5. The van der Waals surface area contributed by atoms with Crippen LogP contribution in [0.5, 0.6) is 5.75 Å². The van der Waals surface area contributed by atoms with Gasteiger partial charge in [0.1, 0.15) is 10.6 Å². The van der Waals surface area contributed by atoms with Crippen LogP contribution in [0.15, 0.2) is 23.1 Å². The molecule has 1 rings (SSSR count). The number of amides is 1. The lowest BCUT2D eigenvalue weighted by Crippen LogP contribution is -2.28. The van der Waals surface area contributed by atoms with Crippen LogP contribution in [0.4, 0.5) is 0 Å². The van der Waals surface area contributed by atoms with Crippen LogP contribution in [0, 0.1) is 0 Å². The van der Waals surface area contributed by atoms with E-state index in [-0.39, 0.29) is 22.1 Å². The summed E-state index contributed by atoms with van der Waals surface area (Å²) in [5, 5.41) is 5.18. The largest absolute Gasteiger partial charge is 0.492 e. The van der Waals surface area contributed by atoms with Gasteiger partial charge in [-0.25, -0.2) is 13.6 Å². The fourth-order valence-electron chi connectivity index (χ4n) is 1.86. The van der Waals surface area contributed by atoms with E-state index in [1.54, 1.807) is 24.9 Å². The van der Waals surface area contributed by atoms with Crippen LogP contribution < -0.4 is 9.88 Å². The van der Waals surface area contributed by atoms with E-state index in [0.717, 1.165) is 12.8 Å². The third-order valence-electron chi connectivity index (χ3n) is 2.99. The molecule has 0 spiro atoms. The van der Waals surface area contributed by atoms with Crippen molar-refractivity contribution in [3.05, 3.63) is 23.8 Å². The van der Waals surface area contributed by atoms with Gasteiger partial charge in [0.2, 0.25) is 10.0 Å². The Balaban J connectivity index is 3.13. The maximum Gasteiger partial charge on any atom is 0.253 e. The summed E-state index contributed by atoms with van der Waals surface area (Å²) >= 11 is 0. The minimum Gasteiger partial charge on any atom is -0.492 e. The number of carbonyl (C=O) groups excluding carboxylic acids is 1. The van der Waals surface area contributed by atoms with Gasteiger partial charge in [-0.2, -0.15) is 0 Å². The molecular formula is C14H22N2O4S. The summed E-state index contributed by atoms with van der Waals surface area (Å²) in [6.07, 6.45) is 1.87. The summed E-state index contributed by atoms with van der Waals surface area (Å²) < 4.78 is 28.5. The van der Waals surface area contributed by atoms with Gasteiger partial charge in [0.15, 0.2) is 0 Å². The predicted octanol–water partition coefficient (Wildman–Crippen LogP) is 1.60. The van der Waals surface area contributed by atoms with Crippen LogP contribution in [0.2, 0.25) is 0 Å². The average molecular weight is 314 g/mol. The number of hydrogen-bond acceptors (Lipinski definition) is 4. The van der Waals surface area contributed by atoms with Crippen LogP contribution in [0.1, 0.15) is 37.0 Å². The molecule has 1 aromatic rings. The lowest BCUT2D eigenvalue weighted by molar-refractivity contribution is 0.0793. The maximum atomic E-state index is 12.2. The Bertz CT molecular complexity index is 599. The molecule has 7 heteroatoms. The van der Waals surface area contributed by atoms with Crippen molar-refractivity contribution in [2.45, 2.75) is 31.6 Å². The fourth-order valence-corrected chi connectivity index (χ4v) is 2.55. The number of unbranched alkanes of at least 4 members (excludes halogenated alkanes) is 1. The van der Waals surface area contributed by atoms with Gasteiger partial charge in [-0.05, 0) is 31.5 Å². The van der Waals surface area contributed by atoms with Crippen molar-refractivity contribution in [1.82, 2.24) is 4.90 Å². The second-order valence-corrected chi connectivity index (χ2v) is 6.25. The standard InChI is InChI=1S/C14H22N2O4S/c1-4-6-9-16(3)14(17)11-7-8-12(20-5-2)13(10-11)21(15,18)19/h7-8,10H,4-6,9H2,1-3H3,(H2,15,18,19). The van der Waals surface area contributed by atoms with Crippen molar-refractivity contribution < 1.29 is 17.9 Å². The van der Waals surface area contributed by atoms with Crippen LogP contribution in [0.3, 0.4) is 0 Å². The molecule has 0 aliphatic carbocycles. The molecule has 118 valence electrons. The second kappa shape index (κ2) is 7.42. The molecule has 0 aliphatic rings. The van der Waals surface area contributed by atoms with Crippen LogP contribution in [-0.2, 0) is 10.0 Å². The Morgan fingerprint density at radius 3 is 2.52 bits per heavy atom. The van der Waals surface area contributed by atoms with Gasteiger partial charge in [-0.3, -0.25) is 4.79 Å². The average Bonchev–Trinajstić information content (AvgIpc) is 2.43. The molecule has 1 amide bonds. The van der Waals surface area contributed by atoms with Crippen molar-refractivity contribution in [1.29, 1.82) is 0 Å². The van der Waals surface area contributed by atoms with Gasteiger partial charge in [0.25, 0.3) is 5.91 Å². The highest BCUT2D eigenvalue weighted by molar-refractivity contribution is 7.89. The van der Waals surface area contributed by atoms with Crippen molar-refractivity contribution in [2.24, 2.45) is 5.14 Å². The summed E-state index contributed by atoms with van der Waals surface area (Å²) in [7, 11) is -2.26. The third-order valence-corrected chi connectivity index (χ3v) is 3.92. The molecule has 0 aromatic heterocycles. The van der Waals surface area contributed by atoms with E-state index >= 15 is 0 Å². The van der Waals surface area contributed by atoms with Crippen molar-refractivity contribution in [3.63, 3.8) is 0 Å². The molecule has 0 saturated carbocycles. The molecule has 21 heavy (non-hydrogen) atoms. The number of nitrogens with two attached hydrogens (primary N) is 1. The van der Waals surface area contributed by atoms with Gasteiger partial charge in [-0.1, -0.05) is 13.3 Å². The molecule has 0 heterocycles. The third kappa shape index (κ3) is 4.71. The molecule has 0 saturated heterocycles. The number of sulfonamides is 1. The lowest BCUT2D eigenvalue weighted by Gasteiger charge is -2.17. The van der Waals surface area contributed by atoms with E-state index in [1.165, 1.54) is 12.1 Å². The molecule has 0 fully saturated rings. The van der Waals surface area contributed by atoms with Gasteiger partial charge in [0.05, 0.1) is 6.61 Å². The molecule has 0 unspecified atom stereocenters. The smallest absolute Gasteiger partial charge is 0.253 e. The maximum absolute atomic E-state index is 12.2. The summed E-state index contributed by atoms with van der Waals surface area (Å²) in [5.41, 5.74) is 0.279. The van der Waals surface area contributed by atoms with Gasteiger partial charge >= 0.3 is 0 Å². The number of hydrogen-bond donors (Lipinski definition) is 1. The zero-order valence-electron chi connectivity index (χ0n) is 12.6. The Kier molecular flexibility index (Phi) is 6.17. The minimum absolute atomic E-state index is 0.160. The fraction of sp³-hybridized carbons (Fsp3) is 0.500. The topological polar surface area (TPSA) is 89.7 Å². The predicted molar refractivity (Wildman–Crippen MR) is 80.9 cm³/mol. The molecular weight excluding hydrogens is 292 g/mol. The minimum atomic E-state index is -3.95. The van der Waals surface area contributed by atoms with Crippen LogP contribution in [-0.4, -0.2) is 39.4 Å². The lowest BCUT2D eigenvalue weighted by atomic mass is 10.2. The number of rotatable bonds is 7. The highest BCUT2D eigenvalue weighted by atomic mass is 32.2. The van der Waals surface area contributed by atoms with E-state index < -0.39 is 10.0 Å². The Labute approximate surface area is 125 Å². The Hall–Kier alpha value is -1.60. The first-order valence-corrected chi connectivity index (χ1v) is 8.41. The number of ether oxygens (including phenoxy) is 1. The van der Waals surface area contributed by atoms with Gasteiger partial charge in [0, 0.05) is 19.2 Å². The van der Waals surface area contributed by atoms with Crippen molar-refractivity contribution >= 4 is 15.9 Å². The van der Waals surface area contributed by atoms with E-state index in [4.69, 9.17) is 9.88 Å². The number of primary sulfonamides is 1. The SMILES string of the molecule is CCCCN(C)C(=O)c1ccc(OCC)c(S(N)(=O)=O)c1. The first-order valence-electron chi connectivity index (χ1n) is 6.86. The van der Waals surface area contributed by atoms with E-state index in [1.807, 2.05) is 6.92 Å². The quantitative estimate of drug-likeness (QED) is 0.828. The Morgan fingerprint density at radius 2 is 2.00 bits per heavy atom. The molecule has 0 aliphatic heterocycles. The monoisotopic (exact) mass is 314 g/mol. The highest BCUT2D eigenvalue weighted by Gasteiger charge is 2.19. The van der Waals surface area contributed by atoms with Crippen LogP contribution in [0.25, 0.3) is 0 Å². The molecule has 2 N–H and O–H groups in total. The summed E-state index contributed by atoms with van der Waals surface area (Å²) in [6.45, 7) is 4.71. The molecule has 0 radical (unpaired) electrons. The van der Waals surface area contributed by atoms with Crippen LogP contribution >= 0.6 is 0 Å². The normalized spacial score (nSPS) is 11.2. The summed E-state index contributed by atoms with van der Waals surface area (Å²) in [5.74, 6) is -0.0795. The zero-order valence-corrected chi connectivity index (χ0v) is 13.4. The molecule has 6 nitrogen and oxygen atoms in total. The Morgan fingerprint density at radius 1 is 1.33 bits per heavy atom. The number of carbonyl (C=O) groups is 1. The van der Waals surface area contributed by atoms with E-state index in [2.05, 4.69) is 0 Å². The molecule has 0 bridgehead atoms. The van der Waals surface area contributed by atoms with Gasteiger partial charge < -0.3 is 9.64 Å². The van der Waals surface area contributed by atoms with E-state index in [0.29, 0.717) is 13.2 Å². The number of benzene rings is 1. The van der Waals surface area contributed by atoms with Crippen molar-refractivity contribution in [3.8, 4) is 5.75 Å².